The molecule has 2 heterocycles. The van der Waals surface area contributed by atoms with Gasteiger partial charge in [-0.1, -0.05) is 36.3 Å². The Morgan fingerprint density at radius 1 is 1.16 bits per heavy atom. The molecule has 3 aromatic rings. The summed E-state index contributed by atoms with van der Waals surface area (Å²) in [5.41, 5.74) is 3.69. The number of aromatic nitrogens is 1. The van der Waals surface area contributed by atoms with Crippen LogP contribution in [-0.2, 0) is 11.3 Å². The van der Waals surface area contributed by atoms with E-state index >= 15 is 0 Å². The molecule has 0 N–H and O–H groups in total. The molecule has 7 nitrogen and oxygen atoms in total. The molecule has 0 aliphatic carbocycles. The van der Waals surface area contributed by atoms with E-state index in [9.17, 15) is 19.7 Å². The first-order valence-corrected chi connectivity index (χ1v) is 10.2. The molecule has 0 atom stereocenters. The van der Waals surface area contributed by atoms with Crippen molar-refractivity contribution in [2.45, 2.75) is 13.5 Å². The van der Waals surface area contributed by atoms with Gasteiger partial charge in [0.05, 0.1) is 16.4 Å². The van der Waals surface area contributed by atoms with Gasteiger partial charge in [-0.2, -0.15) is 0 Å². The summed E-state index contributed by atoms with van der Waals surface area (Å²) >= 11 is 0.881. The molecule has 1 aromatic heterocycles. The summed E-state index contributed by atoms with van der Waals surface area (Å²) in [6.45, 7) is 2.41. The average molecular weight is 431 g/mol. The summed E-state index contributed by atoms with van der Waals surface area (Å²) in [6, 6.07) is 14.2. The predicted octanol–water partition coefficient (Wildman–Crippen LogP) is 4.58. The first-order chi connectivity index (χ1) is 14.9. The minimum absolute atomic E-state index is 0.0428. The van der Waals surface area contributed by atoms with E-state index < -0.39 is 4.92 Å². The first-order valence-electron chi connectivity index (χ1n) is 9.40. The number of non-ortho nitro benzene ring substituents is 1. The van der Waals surface area contributed by atoms with Crippen LogP contribution in [0.15, 0.2) is 53.4 Å². The second-order valence-corrected chi connectivity index (χ2v) is 7.99. The molecular formula is C23H17N3O4S. The molecule has 0 spiro atoms. The Balaban J connectivity index is 1.76. The van der Waals surface area contributed by atoms with Crippen molar-refractivity contribution < 1.29 is 14.5 Å². The van der Waals surface area contributed by atoms with Crippen LogP contribution in [0.4, 0.5) is 10.5 Å². The third kappa shape index (κ3) is 3.71. The van der Waals surface area contributed by atoms with Crippen molar-refractivity contribution in [1.82, 2.24) is 9.47 Å². The molecule has 1 aliphatic rings. The lowest BCUT2D eigenvalue weighted by Crippen LogP contribution is -2.28. The number of imide groups is 1. The van der Waals surface area contributed by atoms with E-state index in [1.54, 1.807) is 18.2 Å². The van der Waals surface area contributed by atoms with Gasteiger partial charge >= 0.3 is 0 Å². The van der Waals surface area contributed by atoms with Crippen LogP contribution in [0.3, 0.4) is 0 Å². The van der Waals surface area contributed by atoms with E-state index in [2.05, 4.69) is 10.5 Å². The van der Waals surface area contributed by atoms with Gasteiger partial charge in [0.2, 0.25) is 0 Å². The fourth-order valence-electron chi connectivity index (χ4n) is 3.61. The number of carbonyl (C=O) groups excluding carboxylic acids is 2. The van der Waals surface area contributed by atoms with Crippen LogP contribution < -0.4 is 0 Å². The third-order valence-electron chi connectivity index (χ3n) is 5.17. The van der Waals surface area contributed by atoms with E-state index in [0.717, 1.165) is 44.4 Å². The highest BCUT2D eigenvalue weighted by molar-refractivity contribution is 8.18. The summed E-state index contributed by atoms with van der Waals surface area (Å²) in [5, 5.41) is 11.5. The monoisotopic (exact) mass is 431 g/mol. The number of nitro benzene ring substituents is 1. The standard InChI is InChI=1S/C23H17N3O4S/c1-3-12-24-22(27)21(31-23(24)28)13-19-15(2)25(20-7-5-4-6-18(19)20)14-16-8-10-17(11-9-16)26(29)30/h1,4-11,13H,12,14H2,2H3/b21-13+. The van der Waals surface area contributed by atoms with Crippen molar-refractivity contribution in [1.29, 1.82) is 0 Å². The van der Waals surface area contributed by atoms with Crippen molar-refractivity contribution in [3.8, 4) is 12.3 Å². The van der Waals surface area contributed by atoms with E-state index in [1.807, 2.05) is 31.2 Å². The minimum Gasteiger partial charge on any atom is -0.340 e. The molecule has 1 fully saturated rings. The molecule has 2 amide bonds. The van der Waals surface area contributed by atoms with E-state index in [-0.39, 0.29) is 23.4 Å². The Labute approximate surface area is 182 Å². The molecule has 0 unspecified atom stereocenters. The van der Waals surface area contributed by atoms with Crippen LogP contribution in [-0.4, -0.2) is 32.1 Å². The predicted molar refractivity (Wildman–Crippen MR) is 120 cm³/mol. The van der Waals surface area contributed by atoms with Crippen molar-refractivity contribution in [3.05, 3.63) is 80.4 Å². The Morgan fingerprint density at radius 3 is 2.55 bits per heavy atom. The summed E-state index contributed by atoms with van der Waals surface area (Å²) in [5.74, 6) is 1.95. The number of nitro groups is 1. The molecule has 1 saturated heterocycles. The zero-order valence-corrected chi connectivity index (χ0v) is 17.4. The van der Waals surface area contributed by atoms with E-state index in [1.165, 1.54) is 12.1 Å². The van der Waals surface area contributed by atoms with Gasteiger partial charge in [-0.15, -0.1) is 6.42 Å². The number of para-hydroxylation sites is 1. The second-order valence-electron chi connectivity index (χ2n) is 7.00. The number of hydrogen-bond acceptors (Lipinski definition) is 5. The summed E-state index contributed by atoms with van der Waals surface area (Å²) in [7, 11) is 0. The number of fused-ring (bicyclic) bond motifs is 1. The van der Waals surface area contributed by atoms with Crippen molar-refractivity contribution in [3.63, 3.8) is 0 Å². The van der Waals surface area contributed by atoms with Gasteiger partial charge in [-0.3, -0.25) is 24.6 Å². The largest absolute Gasteiger partial charge is 0.340 e. The van der Waals surface area contributed by atoms with Gasteiger partial charge in [0.1, 0.15) is 0 Å². The minimum atomic E-state index is -0.425. The zero-order chi connectivity index (χ0) is 22.1. The number of benzene rings is 2. The maximum atomic E-state index is 12.6. The Bertz CT molecular complexity index is 1300. The SMILES string of the molecule is C#CCN1C(=O)S/C(=C/c2c(C)n(Cc3ccc([N+](=O)[O-])cc3)c3ccccc23)C1=O. The highest BCUT2D eigenvalue weighted by Crippen LogP contribution is 2.35. The van der Waals surface area contributed by atoms with Crippen LogP contribution in [0, 0.1) is 29.4 Å². The second kappa shape index (κ2) is 8.13. The number of nitrogens with zero attached hydrogens (tertiary/aromatic N) is 3. The van der Waals surface area contributed by atoms with E-state index in [4.69, 9.17) is 6.42 Å². The molecule has 0 bridgehead atoms. The van der Waals surface area contributed by atoms with Crippen LogP contribution >= 0.6 is 11.8 Å². The van der Waals surface area contributed by atoms with Gasteiger partial charge < -0.3 is 4.57 Å². The van der Waals surface area contributed by atoms with Crippen LogP contribution in [0.2, 0.25) is 0 Å². The van der Waals surface area contributed by atoms with Crippen LogP contribution in [0.1, 0.15) is 16.8 Å². The van der Waals surface area contributed by atoms with Gasteiger partial charge in [0.15, 0.2) is 0 Å². The lowest BCUT2D eigenvalue weighted by molar-refractivity contribution is -0.384. The number of hydrogen-bond donors (Lipinski definition) is 0. The van der Waals surface area contributed by atoms with Gasteiger partial charge in [0, 0.05) is 40.8 Å². The summed E-state index contributed by atoms with van der Waals surface area (Å²) < 4.78 is 2.09. The van der Waals surface area contributed by atoms with Crippen molar-refractivity contribution in [2.75, 3.05) is 6.54 Å². The molecule has 4 rings (SSSR count). The molecule has 1 aliphatic heterocycles. The molecule has 2 aromatic carbocycles. The smallest absolute Gasteiger partial charge is 0.294 e. The molecule has 154 valence electrons. The van der Waals surface area contributed by atoms with Gasteiger partial charge in [0.25, 0.3) is 16.8 Å². The number of thioether (sulfide) groups is 1. The fraction of sp³-hybridized carbons (Fsp3) is 0.130. The zero-order valence-electron chi connectivity index (χ0n) is 16.6. The Kier molecular flexibility index (Phi) is 5.36. The normalized spacial score (nSPS) is 15.1. The van der Waals surface area contributed by atoms with Crippen LogP contribution in [0.25, 0.3) is 17.0 Å². The first kappa shape index (κ1) is 20.4. The fourth-order valence-corrected chi connectivity index (χ4v) is 4.43. The molecule has 0 saturated carbocycles. The lowest BCUT2D eigenvalue weighted by Gasteiger charge is -2.09. The quantitative estimate of drug-likeness (QED) is 0.256. The number of terminal acetylenes is 1. The van der Waals surface area contributed by atoms with Gasteiger partial charge in [-0.25, -0.2) is 0 Å². The van der Waals surface area contributed by atoms with Crippen molar-refractivity contribution >= 4 is 45.6 Å². The maximum absolute atomic E-state index is 12.6. The molecule has 8 heteroatoms. The molecule has 0 radical (unpaired) electrons. The van der Waals surface area contributed by atoms with Crippen molar-refractivity contribution in [2.24, 2.45) is 0 Å². The molecular weight excluding hydrogens is 414 g/mol. The third-order valence-corrected chi connectivity index (χ3v) is 6.07. The number of carbonyl (C=O) groups is 2. The van der Waals surface area contributed by atoms with E-state index in [0.29, 0.717) is 11.4 Å². The number of rotatable bonds is 5. The topological polar surface area (TPSA) is 85.4 Å². The highest BCUT2D eigenvalue weighted by atomic mass is 32.2. The Hall–Kier alpha value is -3.83. The molecule has 31 heavy (non-hydrogen) atoms. The maximum Gasteiger partial charge on any atom is 0.294 e. The Morgan fingerprint density at radius 2 is 1.87 bits per heavy atom. The summed E-state index contributed by atoms with van der Waals surface area (Å²) in [6.07, 6.45) is 7.01. The highest BCUT2D eigenvalue weighted by Gasteiger charge is 2.34. The average Bonchev–Trinajstić information content (AvgIpc) is 3.18. The van der Waals surface area contributed by atoms with Crippen LogP contribution in [0.5, 0.6) is 0 Å². The van der Waals surface area contributed by atoms with Gasteiger partial charge in [-0.05, 0) is 36.4 Å². The number of amides is 2. The summed E-state index contributed by atoms with van der Waals surface area (Å²) in [4.78, 5) is 36.6. The lowest BCUT2D eigenvalue weighted by atomic mass is 10.1.